The summed E-state index contributed by atoms with van der Waals surface area (Å²) in [7, 11) is -2.08. The van der Waals surface area contributed by atoms with Crippen LogP contribution >= 0.6 is 0 Å². The first-order valence-electron chi connectivity index (χ1n) is 18.3. The second-order valence-corrected chi connectivity index (χ2v) is 19.7. The minimum absolute atomic E-state index is 0.0109. The van der Waals surface area contributed by atoms with E-state index in [0.29, 0.717) is 26.4 Å². The Morgan fingerprint density at radius 1 is 0.577 bits per heavy atom. The molecule has 6 atom stereocenters. The second-order valence-electron chi connectivity index (χ2n) is 14.9. The van der Waals surface area contributed by atoms with E-state index in [9.17, 15) is 5.11 Å². The molecule has 0 aliphatic carbocycles. The van der Waals surface area contributed by atoms with Crippen molar-refractivity contribution in [2.24, 2.45) is 0 Å². The van der Waals surface area contributed by atoms with Crippen LogP contribution in [-0.2, 0) is 59.3 Å². The Bertz CT molecular complexity index is 1550. The van der Waals surface area contributed by atoms with Crippen LogP contribution in [0.25, 0.3) is 0 Å². The molecule has 1 aliphatic heterocycles. The SMILES string of the molecule is CC(C)(C)[Si](C)(C)OC[C@@H](O)CO[C@@H]1O[C@H](COCc2ccccc2)[C@@H](OCc2ccccc2)[C@H](OCc2ccccc2)[C@H]1OCc1ccccc1. The van der Waals surface area contributed by atoms with Crippen LogP contribution in [0, 0.1) is 0 Å². The zero-order valence-electron chi connectivity index (χ0n) is 31.3. The van der Waals surface area contributed by atoms with E-state index in [1.54, 1.807) is 0 Å². The van der Waals surface area contributed by atoms with Gasteiger partial charge < -0.3 is 38.0 Å². The predicted molar refractivity (Wildman–Crippen MR) is 205 cm³/mol. The number of ether oxygens (including phenoxy) is 6. The summed E-state index contributed by atoms with van der Waals surface area (Å²) in [5.74, 6) is 0. The second kappa shape index (κ2) is 19.7. The molecule has 0 amide bonds. The van der Waals surface area contributed by atoms with Crippen molar-refractivity contribution in [3.63, 3.8) is 0 Å². The van der Waals surface area contributed by atoms with Crippen LogP contribution in [0.3, 0.4) is 0 Å². The molecule has 0 radical (unpaired) electrons. The molecule has 280 valence electrons. The van der Waals surface area contributed by atoms with Crippen molar-refractivity contribution in [2.75, 3.05) is 19.8 Å². The normalized spacial score (nSPS) is 21.5. The lowest BCUT2D eigenvalue weighted by atomic mass is 9.97. The number of hydrogen-bond donors (Lipinski definition) is 1. The molecule has 1 heterocycles. The van der Waals surface area contributed by atoms with Crippen molar-refractivity contribution in [2.45, 2.75) is 102 Å². The third-order valence-electron chi connectivity index (χ3n) is 9.74. The van der Waals surface area contributed by atoms with Gasteiger partial charge in [-0.05, 0) is 40.4 Å². The third kappa shape index (κ3) is 12.2. The lowest BCUT2D eigenvalue weighted by Gasteiger charge is -2.46. The third-order valence-corrected chi connectivity index (χ3v) is 14.2. The molecule has 4 aromatic rings. The van der Waals surface area contributed by atoms with Crippen molar-refractivity contribution >= 4 is 8.32 Å². The van der Waals surface area contributed by atoms with Gasteiger partial charge in [0.2, 0.25) is 0 Å². The zero-order chi connectivity index (χ0) is 36.8. The van der Waals surface area contributed by atoms with E-state index in [-0.39, 0.29) is 24.9 Å². The maximum Gasteiger partial charge on any atom is 0.192 e. The van der Waals surface area contributed by atoms with Crippen molar-refractivity contribution in [3.8, 4) is 0 Å². The molecule has 1 aliphatic rings. The van der Waals surface area contributed by atoms with Gasteiger partial charge >= 0.3 is 0 Å². The molecule has 9 heteroatoms. The highest BCUT2D eigenvalue weighted by atomic mass is 28.4. The van der Waals surface area contributed by atoms with Gasteiger partial charge in [-0.3, -0.25) is 0 Å². The summed E-state index contributed by atoms with van der Waals surface area (Å²) in [6.07, 6.45) is -4.23. The van der Waals surface area contributed by atoms with Gasteiger partial charge in [-0.2, -0.15) is 0 Å². The first kappa shape index (κ1) is 40.0. The van der Waals surface area contributed by atoms with E-state index in [1.165, 1.54) is 0 Å². The van der Waals surface area contributed by atoms with Gasteiger partial charge in [0.15, 0.2) is 14.6 Å². The molecule has 8 nitrogen and oxygen atoms in total. The first-order valence-corrected chi connectivity index (χ1v) is 21.2. The molecular formula is C43H56O8Si. The number of aliphatic hydroxyl groups is 1. The summed E-state index contributed by atoms with van der Waals surface area (Å²) in [5, 5.41) is 11.1. The summed E-state index contributed by atoms with van der Waals surface area (Å²) in [6, 6.07) is 40.1. The fourth-order valence-corrected chi connectivity index (χ4v) is 6.70. The Kier molecular flexibility index (Phi) is 15.2. The molecule has 0 bridgehead atoms. The van der Waals surface area contributed by atoms with E-state index < -0.39 is 45.1 Å². The monoisotopic (exact) mass is 728 g/mol. The Hall–Kier alpha value is -3.22. The molecule has 1 N–H and O–H groups in total. The van der Waals surface area contributed by atoms with Gasteiger partial charge in [-0.15, -0.1) is 0 Å². The summed E-state index contributed by atoms with van der Waals surface area (Å²) in [4.78, 5) is 0. The minimum Gasteiger partial charge on any atom is -0.414 e. The maximum absolute atomic E-state index is 11.1. The quantitative estimate of drug-likeness (QED) is 0.0971. The molecule has 5 rings (SSSR count). The number of benzene rings is 4. The predicted octanol–water partition coefficient (Wildman–Crippen LogP) is 8.08. The van der Waals surface area contributed by atoms with Crippen molar-refractivity contribution < 1.29 is 38.0 Å². The fraction of sp³-hybridized carbons (Fsp3) is 0.442. The van der Waals surface area contributed by atoms with E-state index in [1.807, 2.05) is 121 Å². The van der Waals surface area contributed by atoms with Gasteiger partial charge in [0.05, 0.1) is 52.4 Å². The topological polar surface area (TPSA) is 84.8 Å². The molecule has 0 aromatic heterocycles. The Labute approximate surface area is 311 Å². The van der Waals surface area contributed by atoms with E-state index in [2.05, 4.69) is 33.9 Å². The molecule has 0 spiro atoms. The molecular weight excluding hydrogens is 673 g/mol. The van der Waals surface area contributed by atoms with Crippen LogP contribution in [0.2, 0.25) is 18.1 Å². The minimum atomic E-state index is -2.08. The molecule has 0 saturated carbocycles. The first-order chi connectivity index (χ1) is 25.1. The van der Waals surface area contributed by atoms with Crippen LogP contribution in [0.15, 0.2) is 121 Å². The molecule has 52 heavy (non-hydrogen) atoms. The average Bonchev–Trinajstić information content (AvgIpc) is 3.15. The highest BCUT2D eigenvalue weighted by molar-refractivity contribution is 6.74. The van der Waals surface area contributed by atoms with Crippen LogP contribution in [0.4, 0.5) is 0 Å². The average molecular weight is 729 g/mol. The highest BCUT2D eigenvalue weighted by Gasteiger charge is 2.49. The summed E-state index contributed by atoms with van der Waals surface area (Å²) in [6.45, 7) is 12.6. The van der Waals surface area contributed by atoms with Crippen LogP contribution in [0.1, 0.15) is 43.0 Å². The molecule has 1 fully saturated rings. The Morgan fingerprint density at radius 3 is 1.46 bits per heavy atom. The summed E-state index contributed by atoms with van der Waals surface area (Å²) < 4.78 is 45.9. The van der Waals surface area contributed by atoms with Crippen molar-refractivity contribution in [3.05, 3.63) is 144 Å². The smallest absolute Gasteiger partial charge is 0.192 e. The van der Waals surface area contributed by atoms with Gasteiger partial charge in [0, 0.05) is 0 Å². The van der Waals surface area contributed by atoms with Gasteiger partial charge in [0.25, 0.3) is 0 Å². The van der Waals surface area contributed by atoms with Crippen LogP contribution < -0.4 is 0 Å². The van der Waals surface area contributed by atoms with Crippen molar-refractivity contribution in [1.29, 1.82) is 0 Å². The standard InChI is InChI=1S/C43H56O8Si/c1-43(2,3)52(4,5)50-31-37(44)30-49-42-41(48-29-36-24-16-9-17-25-36)40(47-28-35-22-14-8-15-23-35)39(46-27-34-20-12-7-13-21-34)38(51-42)32-45-26-33-18-10-6-11-19-33/h6-25,37-42,44H,26-32H2,1-5H3/t37-,38+,39+,40-,41+,42+/m0/s1. The summed E-state index contributed by atoms with van der Waals surface area (Å²) >= 11 is 0. The zero-order valence-corrected chi connectivity index (χ0v) is 32.3. The van der Waals surface area contributed by atoms with Crippen molar-refractivity contribution in [1.82, 2.24) is 0 Å². The maximum atomic E-state index is 11.1. The molecule has 4 aromatic carbocycles. The summed E-state index contributed by atoms with van der Waals surface area (Å²) in [5.41, 5.74) is 4.10. The van der Waals surface area contributed by atoms with Gasteiger partial charge in [0.1, 0.15) is 24.4 Å². The fourth-order valence-electron chi connectivity index (χ4n) is 5.66. The van der Waals surface area contributed by atoms with Gasteiger partial charge in [-0.1, -0.05) is 142 Å². The van der Waals surface area contributed by atoms with Gasteiger partial charge in [-0.25, -0.2) is 0 Å². The van der Waals surface area contributed by atoms with Crippen LogP contribution in [0.5, 0.6) is 0 Å². The Balaban J connectivity index is 1.41. The lowest BCUT2D eigenvalue weighted by Crippen LogP contribution is -2.62. The molecule has 0 unspecified atom stereocenters. The largest absolute Gasteiger partial charge is 0.414 e. The van der Waals surface area contributed by atoms with E-state index >= 15 is 0 Å². The Morgan fingerprint density at radius 2 is 1.00 bits per heavy atom. The number of aliphatic hydroxyl groups excluding tert-OH is 1. The highest BCUT2D eigenvalue weighted by Crippen LogP contribution is 2.37. The van der Waals surface area contributed by atoms with E-state index in [0.717, 1.165) is 22.3 Å². The van der Waals surface area contributed by atoms with Crippen LogP contribution in [-0.4, -0.2) is 70.1 Å². The number of rotatable bonds is 19. The molecule has 1 saturated heterocycles. The number of hydrogen-bond acceptors (Lipinski definition) is 8. The van der Waals surface area contributed by atoms with E-state index in [4.69, 9.17) is 32.8 Å². The lowest BCUT2D eigenvalue weighted by molar-refractivity contribution is -0.331.